The Labute approximate surface area is 125 Å². The van der Waals surface area contributed by atoms with Gasteiger partial charge in [0.1, 0.15) is 0 Å². The van der Waals surface area contributed by atoms with E-state index in [1.165, 1.54) is 38.5 Å². The van der Waals surface area contributed by atoms with Crippen molar-refractivity contribution in [3.63, 3.8) is 0 Å². The van der Waals surface area contributed by atoms with Gasteiger partial charge >= 0.3 is 0 Å². The number of likely N-dealkylation sites (N-methyl/N-ethyl adjacent to an activating group) is 1. The van der Waals surface area contributed by atoms with Crippen LogP contribution in [-0.4, -0.2) is 43.3 Å². The van der Waals surface area contributed by atoms with E-state index >= 15 is 0 Å². The third-order valence-corrected chi connectivity index (χ3v) is 5.30. The highest BCUT2D eigenvalue weighted by molar-refractivity contribution is 4.99. The van der Waals surface area contributed by atoms with Gasteiger partial charge in [0.05, 0.1) is 5.60 Å². The number of methoxy groups -OCH3 is 1. The number of nitrogens with one attached hydrogen (secondary N) is 1. The van der Waals surface area contributed by atoms with Crippen molar-refractivity contribution >= 4 is 0 Å². The van der Waals surface area contributed by atoms with Crippen molar-refractivity contribution in [2.75, 3.05) is 21.2 Å². The van der Waals surface area contributed by atoms with Gasteiger partial charge in [-0.3, -0.25) is 11.3 Å². The number of rotatable bonds is 7. The van der Waals surface area contributed by atoms with Gasteiger partial charge in [-0.1, -0.05) is 25.7 Å². The maximum Gasteiger partial charge on any atom is 0.0623 e. The minimum absolute atomic E-state index is 0.0761. The van der Waals surface area contributed by atoms with Crippen molar-refractivity contribution in [3.05, 3.63) is 0 Å². The maximum absolute atomic E-state index is 5.93. The molecule has 4 nitrogen and oxygen atoms in total. The molecule has 0 amide bonds. The summed E-state index contributed by atoms with van der Waals surface area (Å²) >= 11 is 0. The van der Waals surface area contributed by atoms with Crippen LogP contribution in [0.4, 0.5) is 0 Å². The molecule has 1 aliphatic carbocycles. The summed E-state index contributed by atoms with van der Waals surface area (Å²) in [7, 11) is 6.20. The van der Waals surface area contributed by atoms with E-state index in [1.54, 1.807) is 7.11 Å². The number of hydrazine groups is 1. The highest BCUT2D eigenvalue weighted by Gasteiger charge is 2.40. The minimum atomic E-state index is -0.0761. The Balaban J connectivity index is 2.80. The molecule has 1 rings (SSSR count). The van der Waals surface area contributed by atoms with Crippen LogP contribution < -0.4 is 11.3 Å². The molecule has 0 radical (unpaired) electrons. The highest BCUT2D eigenvalue weighted by atomic mass is 16.5. The van der Waals surface area contributed by atoms with Crippen LogP contribution in [0.3, 0.4) is 0 Å². The molecule has 0 saturated heterocycles. The normalized spacial score (nSPS) is 21.8. The molecular weight excluding hydrogens is 250 g/mol. The number of hydrogen-bond donors (Lipinski definition) is 2. The SMILES string of the molecule is COC(C)(C)CCC(NN)C1(N(C)C)CCCCCC1. The van der Waals surface area contributed by atoms with Gasteiger partial charge in [0.25, 0.3) is 0 Å². The lowest BCUT2D eigenvalue weighted by molar-refractivity contribution is 0.00134. The van der Waals surface area contributed by atoms with Crippen LogP contribution in [0, 0.1) is 0 Å². The molecule has 20 heavy (non-hydrogen) atoms. The second-order valence-electron chi connectivity index (χ2n) is 7.13. The fraction of sp³-hybridized carbons (Fsp3) is 1.00. The Kier molecular flexibility index (Phi) is 6.92. The van der Waals surface area contributed by atoms with Crippen LogP contribution in [0.1, 0.15) is 65.2 Å². The van der Waals surface area contributed by atoms with Gasteiger partial charge in [-0.05, 0) is 53.6 Å². The summed E-state index contributed by atoms with van der Waals surface area (Å²) < 4.78 is 5.56. The summed E-state index contributed by atoms with van der Waals surface area (Å²) in [6.45, 7) is 4.30. The molecule has 1 unspecified atom stereocenters. The van der Waals surface area contributed by atoms with Crippen LogP contribution >= 0.6 is 0 Å². The van der Waals surface area contributed by atoms with Gasteiger partial charge in [0.15, 0.2) is 0 Å². The number of ether oxygens (including phenoxy) is 1. The van der Waals surface area contributed by atoms with Crippen LogP contribution in [0.25, 0.3) is 0 Å². The molecule has 1 atom stereocenters. The largest absolute Gasteiger partial charge is 0.379 e. The molecule has 0 aromatic rings. The van der Waals surface area contributed by atoms with E-state index in [2.05, 4.69) is 38.3 Å². The second-order valence-corrected chi connectivity index (χ2v) is 7.13. The van der Waals surface area contributed by atoms with Gasteiger partial charge in [0.2, 0.25) is 0 Å². The van der Waals surface area contributed by atoms with Crippen molar-refractivity contribution in [2.45, 2.75) is 82.4 Å². The Bertz CT molecular complexity index is 271. The molecule has 1 aliphatic rings. The fourth-order valence-electron chi connectivity index (χ4n) is 3.55. The molecule has 4 heteroatoms. The predicted octanol–water partition coefficient (Wildman–Crippen LogP) is 2.68. The van der Waals surface area contributed by atoms with Crippen LogP contribution in [0.2, 0.25) is 0 Å². The third-order valence-electron chi connectivity index (χ3n) is 5.30. The van der Waals surface area contributed by atoms with Crippen molar-refractivity contribution in [1.29, 1.82) is 0 Å². The van der Waals surface area contributed by atoms with E-state index in [9.17, 15) is 0 Å². The molecular formula is C16H35N3O. The summed E-state index contributed by atoms with van der Waals surface area (Å²) in [5, 5.41) is 0. The molecule has 0 bridgehead atoms. The van der Waals surface area contributed by atoms with Gasteiger partial charge in [-0.15, -0.1) is 0 Å². The second kappa shape index (κ2) is 7.74. The summed E-state index contributed by atoms with van der Waals surface area (Å²) in [4.78, 5) is 2.41. The first-order valence-electron chi connectivity index (χ1n) is 8.07. The van der Waals surface area contributed by atoms with Gasteiger partial charge in [0, 0.05) is 18.7 Å². The molecule has 1 saturated carbocycles. The molecule has 0 heterocycles. The summed E-state index contributed by atoms with van der Waals surface area (Å²) in [5.74, 6) is 5.93. The fourth-order valence-corrected chi connectivity index (χ4v) is 3.55. The number of nitrogens with zero attached hydrogens (tertiary/aromatic N) is 1. The zero-order valence-electron chi connectivity index (χ0n) is 14.2. The third kappa shape index (κ3) is 4.42. The quantitative estimate of drug-likeness (QED) is 0.429. The van der Waals surface area contributed by atoms with E-state index in [1.807, 2.05) is 0 Å². The summed E-state index contributed by atoms with van der Waals surface area (Å²) in [6, 6.07) is 0.324. The van der Waals surface area contributed by atoms with E-state index in [0.29, 0.717) is 6.04 Å². The molecule has 0 aromatic heterocycles. The average Bonchev–Trinajstić information content (AvgIpc) is 2.66. The molecule has 0 aromatic carbocycles. The first-order valence-corrected chi connectivity index (χ1v) is 8.07. The van der Waals surface area contributed by atoms with E-state index in [4.69, 9.17) is 10.6 Å². The van der Waals surface area contributed by atoms with E-state index < -0.39 is 0 Å². The van der Waals surface area contributed by atoms with Crippen LogP contribution in [0.5, 0.6) is 0 Å². The topological polar surface area (TPSA) is 50.5 Å². The van der Waals surface area contributed by atoms with Crippen molar-refractivity contribution < 1.29 is 4.74 Å². The Morgan fingerprint density at radius 3 is 2.15 bits per heavy atom. The highest BCUT2D eigenvalue weighted by Crippen LogP contribution is 2.36. The van der Waals surface area contributed by atoms with Gasteiger partial charge in [-0.25, -0.2) is 0 Å². The Morgan fingerprint density at radius 1 is 1.20 bits per heavy atom. The van der Waals surface area contributed by atoms with Crippen LogP contribution in [-0.2, 0) is 4.74 Å². The van der Waals surface area contributed by atoms with E-state index in [-0.39, 0.29) is 11.1 Å². The Hall–Kier alpha value is -0.160. The smallest absolute Gasteiger partial charge is 0.0623 e. The predicted molar refractivity (Wildman–Crippen MR) is 85.6 cm³/mol. The zero-order valence-corrected chi connectivity index (χ0v) is 14.2. The van der Waals surface area contributed by atoms with Crippen molar-refractivity contribution in [3.8, 4) is 0 Å². The number of hydrogen-bond acceptors (Lipinski definition) is 4. The lowest BCUT2D eigenvalue weighted by Crippen LogP contribution is -2.60. The molecule has 1 fully saturated rings. The molecule has 120 valence electrons. The first-order chi connectivity index (χ1) is 9.38. The summed E-state index contributed by atoms with van der Waals surface area (Å²) in [6.07, 6.45) is 9.88. The molecule has 3 N–H and O–H groups in total. The zero-order chi connectivity index (χ0) is 15.2. The lowest BCUT2D eigenvalue weighted by Gasteiger charge is -2.46. The van der Waals surface area contributed by atoms with Crippen molar-refractivity contribution in [1.82, 2.24) is 10.3 Å². The molecule has 0 spiro atoms. The van der Waals surface area contributed by atoms with Crippen molar-refractivity contribution in [2.24, 2.45) is 5.84 Å². The van der Waals surface area contributed by atoms with Crippen LogP contribution in [0.15, 0.2) is 0 Å². The summed E-state index contributed by atoms with van der Waals surface area (Å²) in [5.41, 5.74) is 3.23. The standard InChI is InChI=1S/C16H35N3O/c1-15(2,20-5)13-10-14(18-17)16(19(3)4)11-8-6-7-9-12-16/h14,18H,6-13,17H2,1-5H3. The van der Waals surface area contributed by atoms with E-state index in [0.717, 1.165) is 12.8 Å². The molecule has 0 aliphatic heterocycles. The Morgan fingerprint density at radius 2 is 1.75 bits per heavy atom. The monoisotopic (exact) mass is 285 g/mol. The first kappa shape index (κ1) is 17.9. The maximum atomic E-state index is 5.93. The van der Waals surface area contributed by atoms with Gasteiger partial charge < -0.3 is 9.64 Å². The average molecular weight is 285 g/mol. The lowest BCUT2D eigenvalue weighted by atomic mass is 9.78. The van der Waals surface area contributed by atoms with Gasteiger partial charge in [-0.2, -0.15) is 0 Å². The number of nitrogens with two attached hydrogens (primary N) is 1. The minimum Gasteiger partial charge on any atom is -0.379 e.